The number of benzene rings is 2. The van der Waals surface area contributed by atoms with E-state index in [1.165, 1.54) is 4.31 Å². The summed E-state index contributed by atoms with van der Waals surface area (Å²) in [6.45, 7) is 6.03. The standard InChI is InChI=1S/C25H34ClN3O4S/c1-5-19(2)27-25(31)20(3)28(18-21-11-7-6-8-12-21)24(30)15-10-16-29(34(4,32)33)23-14-9-13-22(26)17-23/h6-9,11-14,17,19-20H,5,10,15-16,18H2,1-4H3,(H,27,31)/t19-,20-/m0/s1. The fourth-order valence-electron chi connectivity index (χ4n) is 3.46. The fourth-order valence-corrected chi connectivity index (χ4v) is 4.61. The Morgan fingerprint density at radius 2 is 1.74 bits per heavy atom. The maximum absolute atomic E-state index is 13.2. The van der Waals surface area contributed by atoms with Crippen molar-refractivity contribution in [1.82, 2.24) is 10.2 Å². The molecule has 2 rings (SSSR count). The highest BCUT2D eigenvalue weighted by molar-refractivity contribution is 7.92. The molecule has 0 radical (unpaired) electrons. The molecule has 1 N–H and O–H groups in total. The van der Waals surface area contributed by atoms with Crippen LogP contribution in [-0.4, -0.2) is 50.0 Å². The van der Waals surface area contributed by atoms with Gasteiger partial charge >= 0.3 is 0 Å². The summed E-state index contributed by atoms with van der Waals surface area (Å²) in [5.74, 6) is -0.425. The van der Waals surface area contributed by atoms with Crippen LogP contribution < -0.4 is 9.62 Å². The fraction of sp³-hybridized carbons (Fsp3) is 0.440. The van der Waals surface area contributed by atoms with E-state index < -0.39 is 16.1 Å². The van der Waals surface area contributed by atoms with E-state index >= 15 is 0 Å². The zero-order valence-electron chi connectivity index (χ0n) is 20.2. The van der Waals surface area contributed by atoms with Crippen molar-refractivity contribution in [3.05, 3.63) is 65.2 Å². The predicted molar refractivity (Wildman–Crippen MR) is 137 cm³/mol. The van der Waals surface area contributed by atoms with E-state index in [1.54, 1.807) is 36.1 Å². The Kier molecular flexibility index (Phi) is 10.4. The van der Waals surface area contributed by atoms with Crippen molar-refractivity contribution in [1.29, 1.82) is 0 Å². The third kappa shape index (κ3) is 8.33. The molecule has 2 aromatic carbocycles. The maximum atomic E-state index is 13.2. The first-order valence-corrected chi connectivity index (χ1v) is 13.6. The van der Waals surface area contributed by atoms with Crippen molar-refractivity contribution in [3.63, 3.8) is 0 Å². The van der Waals surface area contributed by atoms with Crippen LogP contribution in [0.2, 0.25) is 5.02 Å². The SMILES string of the molecule is CC[C@H](C)NC(=O)[C@H](C)N(Cc1ccccc1)C(=O)CCCN(c1cccc(Cl)c1)S(C)(=O)=O. The van der Waals surface area contributed by atoms with E-state index in [9.17, 15) is 18.0 Å². The first-order valence-electron chi connectivity index (χ1n) is 11.4. The highest BCUT2D eigenvalue weighted by Gasteiger charge is 2.27. The molecule has 2 amide bonds. The third-order valence-electron chi connectivity index (χ3n) is 5.61. The van der Waals surface area contributed by atoms with Crippen LogP contribution in [0.5, 0.6) is 0 Å². The normalized spacial score (nSPS) is 13.1. The quantitative estimate of drug-likeness (QED) is 0.466. The first-order chi connectivity index (χ1) is 16.0. The third-order valence-corrected chi connectivity index (χ3v) is 7.04. The molecular weight excluding hydrogens is 474 g/mol. The Hall–Kier alpha value is -2.58. The zero-order chi connectivity index (χ0) is 25.3. The molecule has 0 saturated heterocycles. The molecule has 0 bridgehead atoms. The summed E-state index contributed by atoms with van der Waals surface area (Å²) < 4.78 is 26.0. The molecule has 0 aliphatic carbocycles. The number of nitrogens with one attached hydrogen (secondary N) is 1. The molecule has 0 aliphatic heterocycles. The second-order valence-electron chi connectivity index (χ2n) is 8.42. The van der Waals surface area contributed by atoms with E-state index in [1.807, 2.05) is 44.2 Å². The summed E-state index contributed by atoms with van der Waals surface area (Å²) in [7, 11) is -3.56. The van der Waals surface area contributed by atoms with Crippen molar-refractivity contribution < 1.29 is 18.0 Å². The second-order valence-corrected chi connectivity index (χ2v) is 10.8. The monoisotopic (exact) mass is 507 g/mol. The summed E-state index contributed by atoms with van der Waals surface area (Å²) in [4.78, 5) is 27.6. The number of halogens is 1. The van der Waals surface area contributed by atoms with Gasteiger partial charge in [-0.3, -0.25) is 13.9 Å². The van der Waals surface area contributed by atoms with E-state index in [2.05, 4.69) is 5.32 Å². The highest BCUT2D eigenvalue weighted by Crippen LogP contribution is 2.22. The number of amides is 2. The Balaban J connectivity index is 2.14. The van der Waals surface area contributed by atoms with Gasteiger partial charge in [-0.05, 0) is 50.5 Å². The lowest BCUT2D eigenvalue weighted by Crippen LogP contribution is -2.49. The molecule has 0 aromatic heterocycles. The molecule has 0 unspecified atom stereocenters. The largest absolute Gasteiger partial charge is 0.352 e. The van der Waals surface area contributed by atoms with E-state index in [0.29, 0.717) is 23.7 Å². The first kappa shape index (κ1) is 27.7. The minimum Gasteiger partial charge on any atom is -0.352 e. The van der Waals surface area contributed by atoms with Crippen LogP contribution >= 0.6 is 11.6 Å². The topological polar surface area (TPSA) is 86.8 Å². The van der Waals surface area contributed by atoms with Gasteiger partial charge in [0.2, 0.25) is 21.8 Å². The molecule has 9 heteroatoms. The molecule has 2 aromatic rings. The molecule has 0 spiro atoms. The zero-order valence-corrected chi connectivity index (χ0v) is 21.8. The number of anilines is 1. The van der Waals surface area contributed by atoms with Crippen molar-refractivity contribution in [2.75, 3.05) is 17.1 Å². The highest BCUT2D eigenvalue weighted by atomic mass is 35.5. The average molecular weight is 508 g/mol. The molecule has 0 saturated carbocycles. The minimum atomic E-state index is -3.56. The molecule has 186 valence electrons. The summed E-state index contributed by atoms with van der Waals surface area (Å²) >= 11 is 6.03. The van der Waals surface area contributed by atoms with Gasteiger partial charge < -0.3 is 10.2 Å². The predicted octanol–water partition coefficient (Wildman–Crippen LogP) is 4.22. The van der Waals surface area contributed by atoms with Crippen LogP contribution in [0, 0.1) is 0 Å². The van der Waals surface area contributed by atoms with E-state index in [-0.39, 0.29) is 30.8 Å². The Bertz CT molecular complexity index is 1060. The lowest BCUT2D eigenvalue weighted by atomic mass is 10.1. The number of carbonyl (C=O) groups is 2. The smallest absolute Gasteiger partial charge is 0.242 e. The Labute approximate surface area is 208 Å². The van der Waals surface area contributed by atoms with Crippen LogP contribution in [-0.2, 0) is 26.2 Å². The molecule has 0 fully saturated rings. The summed E-state index contributed by atoms with van der Waals surface area (Å²) in [5.41, 5.74) is 1.36. The lowest BCUT2D eigenvalue weighted by Gasteiger charge is -2.30. The number of nitrogens with zero attached hydrogens (tertiary/aromatic N) is 2. The van der Waals surface area contributed by atoms with Crippen LogP contribution in [0.15, 0.2) is 54.6 Å². The number of carbonyl (C=O) groups excluding carboxylic acids is 2. The summed E-state index contributed by atoms with van der Waals surface area (Å²) in [6.07, 6.45) is 2.30. The maximum Gasteiger partial charge on any atom is 0.242 e. The second kappa shape index (κ2) is 12.8. The Morgan fingerprint density at radius 1 is 1.06 bits per heavy atom. The number of hydrogen-bond donors (Lipinski definition) is 1. The molecule has 0 aliphatic rings. The summed E-state index contributed by atoms with van der Waals surface area (Å²) in [6, 6.07) is 15.4. The summed E-state index contributed by atoms with van der Waals surface area (Å²) in [5, 5.41) is 3.37. The Morgan fingerprint density at radius 3 is 2.32 bits per heavy atom. The van der Waals surface area contributed by atoms with Gasteiger partial charge in [0.05, 0.1) is 11.9 Å². The van der Waals surface area contributed by atoms with Gasteiger partial charge in [0.25, 0.3) is 0 Å². The van der Waals surface area contributed by atoms with Crippen LogP contribution in [0.3, 0.4) is 0 Å². The molecule has 2 atom stereocenters. The van der Waals surface area contributed by atoms with Gasteiger partial charge in [-0.2, -0.15) is 0 Å². The van der Waals surface area contributed by atoms with Gasteiger partial charge in [-0.15, -0.1) is 0 Å². The van der Waals surface area contributed by atoms with Gasteiger partial charge in [0.15, 0.2) is 0 Å². The van der Waals surface area contributed by atoms with E-state index in [4.69, 9.17) is 11.6 Å². The molecule has 34 heavy (non-hydrogen) atoms. The van der Waals surface area contributed by atoms with Gasteiger partial charge in [0, 0.05) is 30.6 Å². The van der Waals surface area contributed by atoms with E-state index in [0.717, 1.165) is 18.2 Å². The van der Waals surface area contributed by atoms with Crippen molar-refractivity contribution in [2.24, 2.45) is 0 Å². The van der Waals surface area contributed by atoms with Crippen molar-refractivity contribution in [3.8, 4) is 0 Å². The molecule has 7 nitrogen and oxygen atoms in total. The van der Waals surface area contributed by atoms with Gasteiger partial charge in [-0.25, -0.2) is 8.42 Å². The van der Waals surface area contributed by atoms with Gasteiger partial charge in [0.1, 0.15) is 6.04 Å². The lowest BCUT2D eigenvalue weighted by molar-refractivity contribution is -0.140. The van der Waals surface area contributed by atoms with Crippen molar-refractivity contribution in [2.45, 2.75) is 58.7 Å². The average Bonchev–Trinajstić information content (AvgIpc) is 2.79. The minimum absolute atomic E-state index is 0.00430. The van der Waals surface area contributed by atoms with Crippen LogP contribution in [0.4, 0.5) is 5.69 Å². The van der Waals surface area contributed by atoms with Crippen LogP contribution in [0.25, 0.3) is 0 Å². The van der Waals surface area contributed by atoms with Crippen molar-refractivity contribution >= 4 is 39.1 Å². The molecular formula is C25H34ClN3O4S. The molecule has 0 heterocycles. The van der Waals surface area contributed by atoms with Crippen LogP contribution in [0.1, 0.15) is 45.6 Å². The number of hydrogen-bond acceptors (Lipinski definition) is 4. The number of sulfonamides is 1. The number of rotatable bonds is 12. The van der Waals surface area contributed by atoms with Gasteiger partial charge in [-0.1, -0.05) is 54.9 Å².